The van der Waals surface area contributed by atoms with Crippen LogP contribution in [0.3, 0.4) is 0 Å². The molecule has 6 heteroatoms. The van der Waals surface area contributed by atoms with Gasteiger partial charge in [0.1, 0.15) is 24.0 Å². The molecule has 0 N–H and O–H groups in total. The largest absolute Gasteiger partial charge is 0.457 e. The molecule has 0 fully saturated rings. The Morgan fingerprint density at radius 3 is 2.18 bits per heavy atom. The van der Waals surface area contributed by atoms with Gasteiger partial charge in [-0.1, -0.05) is 120 Å². The van der Waals surface area contributed by atoms with Crippen molar-refractivity contribution in [2.75, 3.05) is 16.5 Å². The lowest BCUT2D eigenvalue weighted by Gasteiger charge is -2.28. The summed E-state index contributed by atoms with van der Waals surface area (Å²) >= 11 is 0. The third-order valence-corrected chi connectivity index (χ3v) is 12.6. The van der Waals surface area contributed by atoms with Crippen molar-refractivity contribution in [2.24, 2.45) is 0 Å². The van der Waals surface area contributed by atoms with E-state index in [2.05, 4.69) is 200 Å². The molecule has 60 heavy (non-hydrogen) atoms. The molecule has 0 saturated carbocycles. The maximum absolute atomic E-state index is 6.76. The van der Waals surface area contributed by atoms with Crippen molar-refractivity contribution in [2.45, 2.75) is 45.4 Å². The molecule has 6 aromatic carbocycles. The molecule has 0 spiro atoms. The smallest absolute Gasteiger partial charge is 0.137 e. The van der Waals surface area contributed by atoms with E-state index in [1.54, 1.807) is 0 Å². The second-order valence-corrected chi connectivity index (χ2v) is 17.6. The maximum Gasteiger partial charge on any atom is 0.137 e. The highest BCUT2D eigenvalue weighted by molar-refractivity contribution is 6.09. The number of fused-ring (bicyclic) bond motifs is 7. The molecular weight excluding hydrogens is 735 g/mol. The van der Waals surface area contributed by atoms with Gasteiger partial charge in [0, 0.05) is 57.5 Å². The van der Waals surface area contributed by atoms with Crippen LogP contribution >= 0.6 is 0 Å². The Morgan fingerprint density at radius 1 is 0.600 bits per heavy atom. The summed E-state index contributed by atoms with van der Waals surface area (Å²) < 4.78 is 8.96. The van der Waals surface area contributed by atoms with E-state index in [-0.39, 0.29) is 10.8 Å². The summed E-state index contributed by atoms with van der Waals surface area (Å²) in [6, 6.07) is 54.4. The molecule has 9 aromatic rings. The van der Waals surface area contributed by atoms with E-state index in [4.69, 9.17) is 9.72 Å². The minimum atomic E-state index is -0.123. The molecule has 1 aliphatic carbocycles. The number of hydrogen-bond acceptors (Lipinski definition) is 5. The molecule has 0 saturated heterocycles. The van der Waals surface area contributed by atoms with Crippen molar-refractivity contribution in [3.63, 3.8) is 0 Å². The molecule has 0 bridgehead atoms. The van der Waals surface area contributed by atoms with Crippen molar-refractivity contribution in [3.05, 3.63) is 187 Å². The molecular formula is C54H45N5O. The molecule has 292 valence electrons. The number of para-hydroxylation sites is 2. The quantitative estimate of drug-likeness (QED) is 0.168. The van der Waals surface area contributed by atoms with Crippen LogP contribution in [0.25, 0.3) is 49.9 Å². The first-order valence-electron chi connectivity index (χ1n) is 20.7. The van der Waals surface area contributed by atoms with Gasteiger partial charge in [-0.15, -0.1) is 0 Å². The van der Waals surface area contributed by atoms with E-state index < -0.39 is 0 Å². The molecule has 1 aliphatic heterocycles. The van der Waals surface area contributed by atoms with E-state index in [1.807, 2.05) is 24.7 Å². The van der Waals surface area contributed by atoms with Crippen LogP contribution in [0.1, 0.15) is 51.3 Å². The minimum absolute atomic E-state index is 0.0193. The van der Waals surface area contributed by atoms with Crippen LogP contribution in [0.4, 0.5) is 22.7 Å². The Bertz CT molecular complexity index is 3140. The van der Waals surface area contributed by atoms with Gasteiger partial charge in [0.15, 0.2) is 0 Å². The van der Waals surface area contributed by atoms with E-state index in [1.165, 1.54) is 50.3 Å². The number of ether oxygens (including phenoxy) is 1. The zero-order valence-electron chi connectivity index (χ0n) is 34.5. The second-order valence-electron chi connectivity index (χ2n) is 17.6. The minimum Gasteiger partial charge on any atom is -0.457 e. The van der Waals surface area contributed by atoms with Crippen molar-refractivity contribution >= 4 is 44.6 Å². The highest BCUT2D eigenvalue weighted by atomic mass is 16.5. The maximum atomic E-state index is 6.76. The Morgan fingerprint density at radius 2 is 1.35 bits per heavy atom. The van der Waals surface area contributed by atoms with E-state index >= 15 is 0 Å². The summed E-state index contributed by atoms with van der Waals surface area (Å²) in [6.07, 6.45) is 5.68. The predicted octanol–water partition coefficient (Wildman–Crippen LogP) is 13.9. The fourth-order valence-electron chi connectivity index (χ4n) is 9.55. The van der Waals surface area contributed by atoms with Crippen molar-refractivity contribution < 1.29 is 4.74 Å². The summed E-state index contributed by atoms with van der Waals surface area (Å²) in [5.74, 6) is 2.38. The third kappa shape index (κ3) is 5.62. The topological polar surface area (TPSA) is 46.4 Å². The van der Waals surface area contributed by atoms with Gasteiger partial charge in [-0.2, -0.15) is 0 Å². The van der Waals surface area contributed by atoms with Crippen LogP contribution in [-0.2, 0) is 10.8 Å². The standard InChI is InChI=1S/C54H45N5O/c1-53(2,3)36-26-29-56-50(30-36)59-48-32-39(22-23-41(48)42-27-28-55-33-49(42)59)60-38-17-13-16-37(31-38)57-34-58(47-21-12-11-20-46(47)57)52-40(35-14-7-6-8-15-35)24-25-45-51(52)43-18-9-10-19-44(43)54(45,4)5/h6-33H,34H2,1-5H3. The van der Waals surface area contributed by atoms with Gasteiger partial charge < -0.3 is 14.5 Å². The normalized spacial score (nSPS) is 14.1. The fraction of sp³-hybridized carbons (Fsp3) is 0.148. The Labute approximate surface area is 351 Å². The molecule has 3 aromatic heterocycles. The molecule has 6 nitrogen and oxygen atoms in total. The van der Waals surface area contributed by atoms with Crippen LogP contribution < -0.4 is 14.5 Å². The molecule has 0 amide bonds. The first-order chi connectivity index (χ1) is 29.1. The van der Waals surface area contributed by atoms with Crippen LogP contribution in [0.5, 0.6) is 11.5 Å². The van der Waals surface area contributed by atoms with Crippen molar-refractivity contribution in [1.82, 2.24) is 14.5 Å². The van der Waals surface area contributed by atoms with Gasteiger partial charge in [-0.05, 0) is 87.8 Å². The van der Waals surface area contributed by atoms with Gasteiger partial charge >= 0.3 is 0 Å². The summed E-state index contributed by atoms with van der Waals surface area (Å²) in [7, 11) is 0. The zero-order chi connectivity index (χ0) is 40.8. The van der Waals surface area contributed by atoms with Gasteiger partial charge in [0.25, 0.3) is 0 Å². The molecule has 4 heterocycles. The van der Waals surface area contributed by atoms with E-state index in [0.717, 1.165) is 50.5 Å². The summed E-state index contributed by atoms with van der Waals surface area (Å²) in [5, 5.41) is 2.25. The fourth-order valence-corrected chi connectivity index (χ4v) is 9.55. The summed E-state index contributed by atoms with van der Waals surface area (Å²) in [5.41, 5.74) is 15.5. The number of hydrogen-bond donors (Lipinski definition) is 0. The van der Waals surface area contributed by atoms with Gasteiger partial charge in [-0.25, -0.2) is 4.98 Å². The van der Waals surface area contributed by atoms with Gasteiger partial charge in [0.2, 0.25) is 0 Å². The Kier molecular flexibility index (Phi) is 8.05. The number of benzene rings is 6. The lowest BCUT2D eigenvalue weighted by molar-refractivity contribution is 0.483. The van der Waals surface area contributed by atoms with Crippen LogP contribution in [-0.4, -0.2) is 21.2 Å². The van der Waals surface area contributed by atoms with Crippen molar-refractivity contribution in [3.8, 4) is 39.6 Å². The molecule has 2 aliphatic rings. The van der Waals surface area contributed by atoms with Crippen molar-refractivity contribution in [1.29, 1.82) is 0 Å². The highest BCUT2D eigenvalue weighted by Crippen LogP contribution is 2.57. The lowest BCUT2D eigenvalue weighted by atomic mass is 9.82. The van der Waals surface area contributed by atoms with Crippen LogP contribution in [0.2, 0.25) is 0 Å². The monoisotopic (exact) mass is 779 g/mol. The first-order valence-corrected chi connectivity index (χ1v) is 20.7. The first kappa shape index (κ1) is 35.9. The molecule has 0 unspecified atom stereocenters. The van der Waals surface area contributed by atoms with Gasteiger partial charge in [0.05, 0.1) is 34.3 Å². The number of anilines is 4. The molecule has 11 rings (SSSR count). The summed E-state index contributed by atoms with van der Waals surface area (Å²) in [4.78, 5) is 14.3. The number of nitrogens with zero attached hydrogens (tertiary/aromatic N) is 5. The Balaban J connectivity index is 0.994. The van der Waals surface area contributed by atoms with E-state index in [9.17, 15) is 0 Å². The zero-order valence-corrected chi connectivity index (χ0v) is 34.5. The number of rotatable bonds is 6. The third-order valence-electron chi connectivity index (χ3n) is 12.6. The average molecular weight is 780 g/mol. The van der Waals surface area contributed by atoms with E-state index in [0.29, 0.717) is 6.67 Å². The Hall–Kier alpha value is -7.18. The molecule has 0 radical (unpaired) electrons. The van der Waals surface area contributed by atoms with Crippen LogP contribution in [0.15, 0.2) is 170 Å². The highest BCUT2D eigenvalue weighted by Gasteiger charge is 2.40. The molecule has 0 atom stereocenters. The van der Waals surface area contributed by atoms with Gasteiger partial charge in [-0.3, -0.25) is 9.55 Å². The average Bonchev–Trinajstić information content (AvgIpc) is 3.89. The second kappa shape index (κ2) is 13.4. The summed E-state index contributed by atoms with van der Waals surface area (Å²) in [6.45, 7) is 12.0. The van der Waals surface area contributed by atoms with Crippen LogP contribution in [0, 0.1) is 0 Å². The number of aromatic nitrogens is 3. The SMILES string of the molecule is CC(C)(C)c1ccnc(-n2c3cnccc3c3ccc(Oc4cccc(N5CN(c6c(-c7ccccc7)ccc7c6-c6ccccc6C7(C)C)c6ccccc65)c4)cc32)c1. The number of pyridine rings is 2. The lowest BCUT2D eigenvalue weighted by Crippen LogP contribution is -2.25. The predicted molar refractivity (Wildman–Crippen MR) is 247 cm³/mol.